The van der Waals surface area contributed by atoms with E-state index in [-0.39, 0.29) is 13.0 Å². The Kier molecular flexibility index (Phi) is 6.89. The van der Waals surface area contributed by atoms with Crippen molar-refractivity contribution in [3.63, 3.8) is 0 Å². The third kappa shape index (κ3) is 5.82. The Morgan fingerprint density at radius 1 is 1.07 bits per heavy atom. The van der Waals surface area contributed by atoms with E-state index in [0.29, 0.717) is 0 Å². The van der Waals surface area contributed by atoms with Gasteiger partial charge in [0.1, 0.15) is 12.6 Å². The van der Waals surface area contributed by atoms with Gasteiger partial charge in [0.25, 0.3) is 0 Å². The van der Waals surface area contributed by atoms with E-state index in [0.717, 1.165) is 16.5 Å². The van der Waals surface area contributed by atoms with E-state index >= 15 is 0 Å². The van der Waals surface area contributed by atoms with Crippen LogP contribution < -0.4 is 21.7 Å². The van der Waals surface area contributed by atoms with Gasteiger partial charge in [0.15, 0.2) is 0 Å². The smallest absolute Gasteiger partial charge is 0.322 e. The lowest BCUT2D eigenvalue weighted by atomic mass is 10.0. The molecule has 1 heterocycles. The first-order valence-electron chi connectivity index (χ1n) is 8.21. The van der Waals surface area contributed by atoms with Gasteiger partial charge in [0.2, 0.25) is 17.7 Å². The van der Waals surface area contributed by atoms with Crippen LogP contribution in [0, 0.1) is 0 Å². The normalized spacial score (nSPS) is 11.6. The zero-order valence-corrected chi connectivity index (χ0v) is 14.5. The van der Waals surface area contributed by atoms with Crippen molar-refractivity contribution in [1.82, 2.24) is 20.9 Å². The number of aromatic amines is 1. The molecule has 1 aromatic heterocycles. The van der Waals surface area contributed by atoms with Crippen LogP contribution in [0.1, 0.15) is 5.56 Å². The van der Waals surface area contributed by atoms with Crippen LogP contribution in [-0.2, 0) is 25.6 Å². The number of aliphatic carboxylic acids is 1. The Bertz CT molecular complexity index is 847. The first kappa shape index (κ1) is 19.9. The Morgan fingerprint density at radius 3 is 2.52 bits per heavy atom. The van der Waals surface area contributed by atoms with Crippen LogP contribution in [-0.4, -0.2) is 59.5 Å². The molecule has 27 heavy (non-hydrogen) atoms. The number of hydrogen-bond donors (Lipinski definition) is 6. The SMILES string of the molecule is NCC(=O)NC(Cc1c[nH]c2ccccc12)C(=O)NCC(=O)NCC(=O)O. The Morgan fingerprint density at radius 2 is 1.81 bits per heavy atom. The van der Waals surface area contributed by atoms with Crippen molar-refractivity contribution in [1.29, 1.82) is 0 Å². The van der Waals surface area contributed by atoms with E-state index in [1.54, 1.807) is 6.20 Å². The number of nitrogens with two attached hydrogens (primary N) is 1. The number of carboxylic acid groups (broad SMARTS) is 1. The van der Waals surface area contributed by atoms with Crippen molar-refractivity contribution in [2.45, 2.75) is 12.5 Å². The largest absolute Gasteiger partial charge is 0.480 e. The quantitative estimate of drug-likeness (QED) is 0.311. The summed E-state index contributed by atoms with van der Waals surface area (Å²) < 4.78 is 0. The van der Waals surface area contributed by atoms with Crippen LogP contribution in [0.4, 0.5) is 0 Å². The Balaban J connectivity index is 2.04. The van der Waals surface area contributed by atoms with Crippen LogP contribution >= 0.6 is 0 Å². The number of hydrogen-bond acceptors (Lipinski definition) is 5. The van der Waals surface area contributed by atoms with Crippen LogP contribution in [0.25, 0.3) is 10.9 Å². The van der Waals surface area contributed by atoms with Crippen LogP contribution in [0.5, 0.6) is 0 Å². The molecule has 2 rings (SSSR count). The molecule has 3 amide bonds. The third-order valence-corrected chi connectivity index (χ3v) is 3.80. The minimum Gasteiger partial charge on any atom is -0.480 e. The highest BCUT2D eigenvalue weighted by Crippen LogP contribution is 2.19. The fraction of sp³-hybridized carbons (Fsp3) is 0.294. The van der Waals surface area contributed by atoms with Crippen molar-refractivity contribution in [2.24, 2.45) is 5.73 Å². The molecular weight excluding hydrogens is 354 g/mol. The van der Waals surface area contributed by atoms with Crippen LogP contribution in [0.3, 0.4) is 0 Å². The van der Waals surface area contributed by atoms with E-state index in [1.807, 2.05) is 24.3 Å². The average molecular weight is 375 g/mol. The maximum Gasteiger partial charge on any atom is 0.322 e. The molecule has 10 heteroatoms. The number of para-hydroxylation sites is 1. The molecule has 0 aliphatic heterocycles. The van der Waals surface area contributed by atoms with Crippen LogP contribution in [0.2, 0.25) is 0 Å². The van der Waals surface area contributed by atoms with Gasteiger partial charge in [-0.05, 0) is 11.6 Å². The van der Waals surface area contributed by atoms with E-state index in [2.05, 4.69) is 20.9 Å². The molecule has 0 aliphatic carbocycles. The minimum absolute atomic E-state index is 0.193. The van der Waals surface area contributed by atoms with Gasteiger partial charge in [-0.15, -0.1) is 0 Å². The molecule has 0 fully saturated rings. The van der Waals surface area contributed by atoms with Crippen molar-refractivity contribution in [3.8, 4) is 0 Å². The fourth-order valence-corrected chi connectivity index (χ4v) is 2.51. The number of nitrogens with one attached hydrogen (secondary N) is 4. The summed E-state index contributed by atoms with van der Waals surface area (Å²) in [5.41, 5.74) is 7.02. The molecule has 7 N–H and O–H groups in total. The summed E-state index contributed by atoms with van der Waals surface area (Å²) >= 11 is 0. The number of H-pyrrole nitrogens is 1. The molecule has 0 saturated heterocycles. The summed E-state index contributed by atoms with van der Waals surface area (Å²) in [5, 5.41) is 16.5. The van der Waals surface area contributed by atoms with Crippen molar-refractivity contribution >= 4 is 34.6 Å². The first-order valence-corrected chi connectivity index (χ1v) is 8.21. The maximum atomic E-state index is 12.4. The monoisotopic (exact) mass is 375 g/mol. The highest BCUT2D eigenvalue weighted by atomic mass is 16.4. The number of rotatable bonds is 9. The molecule has 0 spiro atoms. The number of benzene rings is 1. The summed E-state index contributed by atoms with van der Waals surface area (Å²) in [6.07, 6.45) is 1.94. The molecular formula is C17H21N5O5. The standard InChI is InChI=1S/C17H21N5O5/c18-6-14(23)22-13(17(27)21-8-15(24)20-9-16(25)26)5-10-7-19-12-4-2-1-3-11(10)12/h1-4,7,13,19H,5-6,8-9,18H2,(H,20,24)(H,21,27)(H,22,23)(H,25,26). The van der Waals surface area contributed by atoms with Gasteiger partial charge < -0.3 is 31.8 Å². The molecule has 1 atom stereocenters. The van der Waals surface area contributed by atoms with Crippen LogP contribution in [0.15, 0.2) is 30.5 Å². The Hall–Kier alpha value is -3.40. The van der Waals surface area contributed by atoms with E-state index < -0.39 is 42.8 Å². The topological polar surface area (TPSA) is 166 Å². The van der Waals surface area contributed by atoms with E-state index in [9.17, 15) is 19.2 Å². The second kappa shape index (κ2) is 9.34. The van der Waals surface area contributed by atoms with Gasteiger partial charge in [0, 0.05) is 23.5 Å². The molecule has 0 saturated carbocycles. The van der Waals surface area contributed by atoms with Crippen molar-refractivity contribution in [2.75, 3.05) is 19.6 Å². The molecule has 1 aromatic carbocycles. The summed E-state index contributed by atoms with van der Waals surface area (Å²) in [7, 11) is 0. The lowest BCUT2D eigenvalue weighted by molar-refractivity contribution is -0.138. The Labute approximate surface area is 154 Å². The summed E-state index contributed by atoms with van der Waals surface area (Å²) in [6.45, 7) is -1.23. The van der Waals surface area contributed by atoms with Crippen molar-refractivity contribution < 1.29 is 24.3 Å². The number of fused-ring (bicyclic) bond motifs is 1. The number of aromatic nitrogens is 1. The van der Waals surface area contributed by atoms with Gasteiger partial charge in [0.05, 0.1) is 13.1 Å². The molecule has 0 bridgehead atoms. The first-order chi connectivity index (χ1) is 12.9. The molecule has 1 unspecified atom stereocenters. The zero-order valence-electron chi connectivity index (χ0n) is 14.5. The molecule has 0 aliphatic rings. The van der Waals surface area contributed by atoms with Crippen molar-refractivity contribution in [3.05, 3.63) is 36.0 Å². The second-order valence-electron chi connectivity index (χ2n) is 5.78. The van der Waals surface area contributed by atoms with Gasteiger partial charge in [-0.25, -0.2) is 0 Å². The van der Waals surface area contributed by atoms with Gasteiger partial charge in [-0.2, -0.15) is 0 Å². The lowest BCUT2D eigenvalue weighted by Gasteiger charge is -2.18. The molecule has 10 nitrogen and oxygen atoms in total. The molecule has 0 radical (unpaired) electrons. The third-order valence-electron chi connectivity index (χ3n) is 3.80. The van der Waals surface area contributed by atoms with Gasteiger partial charge >= 0.3 is 5.97 Å². The highest BCUT2D eigenvalue weighted by molar-refractivity contribution is 5.92. The predicted molar refractivity (Wildman–Crippen MR) is 96.6 cm³/mol. The van der Waals surface area contributed by atoms with E-state index in [1.165, 1.54) is 0 Å². The second-order valence-corrected chi connectivity index (χ2v) is 5.78. The van der Waals surface area contributed by atoms with E-state index in [4.69, 9.17) is 10.8 Å². The maximum absolute atomic E-state index is 12.4. The highest BCUT2D eigenvalue weighted by Gasteiger charge is 2.22. The summed E-state index contributed by atoms with van der Waals surface area (Å²) in [6, 6.07) is 6.57. The van der Waals surface area contributed by atoms with Gasteiger partial charge in [-0.3, -0.25) is 19.2 Å². The summed E-state index contributed by atoms with van der Waals surface area (Å²) in [5.74, 6) is -2.93. The average Bonchev–Trinajstić information content (AvgIpc) is 3.06. The zero-order chi connectivity index (χ0) is 19.8. The predicted octanol–water partition coefficient (Wildman–Crippen LogP) is -1.53. The van der Waals surface area contributed by atoms with Gasteiger partial charge in [-0.1, -0.05) is 18.2 Å². The number of carbonyl (C=O) groups is 4. The number of carbonyl (C=O) groups excluding carboxylic acids is 3. The fourth-order valence-electron chi connectivity index (χ4n) is 2.51. The molecule has 2 aromatic rings. The minimum atomic E-state index is -1.19. The lowest BCUT2D eigenvalue weighted by Crippen LogP contribution is -2.51. The molecule has 144 valence electrons. The summed E-state index contributed by atoms with van der Waals surface area (Å²) in [4.78, 5) is 49.1. The number of amides is 3. The number of carboxylic acids is 1.